The number of carbonyl (C=O) groups is 3. The van der Waals surface area contributed by atoms with Crippen molar-refractivity contribution in [2.24, 2.45) is 5.92 Å². The topological polar surface area (TPSA) is 54.5 Å². The highest BCUT2D eigenvalue weighted by atomic mass is 16.2. The van der Waals surface area contributed by atoms with Crippen molar-refractivity contribution in [3.63, 3.8) is 0 Å². The van der Waals surface area contributed by atoms with Gasteiger partial charge in [-0.2, -0.15) is 0 Å². The summed E-state index contributed by atoms with van der Waals surface area (Å²) in [6, 6.07) is 6.47. The van der Waals surface area contributed by atoms with Gasteiger partial charge in [-0.1, -0.05) is 26.0 Å². The molecule has 82 valence electrons. The minimum absolute atomic E-state index is 0.307. The van der Waals surface area contributed by atoms with Crippen LogP contribution in [0.4, 0.5) is 0 Å². The normalized spacial score (nSPS) is 14.6. The summed E-state index contributed by atoms with van der Waals surface area (Å²) in [5, 5.41) is 0. The first kappa shape index (κ1) is 10.5. The van der Waals surface area contributed by atoms with Crippen LogP contribution in [0.3, 0.4) is 0 Å². The molecule has 0 radical (unpaired) electrons. The molecule has 0 saturated carbocycles. The van der Waals surface area contributed by atoms with Crippen LogP contribution in [0.25, 0.3) is 0 Å². The van der Waals surface area contributed by atoms with Crippen molar-refractivity contribution < 1.29 is 14.4 Å². The molecule has 3 amide bonds. The van der Waals surface area contributed by atoms with Gasteiger partial charge in [0.25, 0.3) is 11.8 Å². The van der Waals surface area contributed by atoms with Crippen molar-refractivity contribution in [1.82, 2.24) is 4.90 Å². The molecule has 4 heteroatoms. The van der Waals surface area contributed by atoms with Gasteiger partial charge in [0.05, 0.1) is 11.1 Å². The van der Waals surface area contributed by atoms with E-state index in [-0.39, 0.29) is 5.92 Å². The lowest BCUT2D eigenvalue weighted by Gasteiger charge is -2.13. The van der Waals surface area contributed by atoms with Gasteiger partial charge in [-0.3, -0.25) is 14.4 Å². The second-order valence-electron chi connectivity index (χ2n) is 3.98. The van der Waals surface area contributed by atoms with E-state index >= 15 is 0 Å². The molecule has 0 N–H and O–H groups in total. The number of amides is 3. The van der Waals surface area contributed by atoms with E-state index in [4.69, 9.17) is 0 Å². The van der Waals surface area contributed by atoms with Crippen molar-refractivity contribution in [2.45, 2.75) is 13.8 Å². The van der Waals surface area contributed by atoms with E-state index in [1.807, 2.05) is 0 Å². The summed E-state index contributed by atoms with van der Waals surface area (Å²) in [7, 11) is 0. The minimum atomic E-state index is -0.515. The van der Waals surface area contributed by atoms with Crippen molar-refractivity contribution in [1.29, 1.82) is 0 Å². The Bertz CT molecular complexity index is 456. The van der Waals surface area contributed by atoms with Crippen LogP contribution in [0.5, 0.6) is 0 Å². The zero-order chi connectivity index (χ0) is 11.9. The zero-order valence-electron chi connectivity index (χ0n) is 9.06. The Morgan fingerprint density at radius 2 is 1.50 bits per heavy atom. The Hall–Kier alpha value is -1.97. The molecule has 1 aliphatic heterocycles. The molecule has 0 fully saturated rings. The molecule has 0 aliphatic carbocycles. The van der Waals surface area contributed by atoms with Crippen LogP contribution >= 0.6 is 0 Å². The zero-order valence-corrected chi connectivity index (χ0v) is 9.06. The maximum absolute atomic E-state index is 11.8. The van der Waals surface area contributed by atoms with Crippen LogP contribution in [0.15, 0.2) is 24.3 Å². The molecule has 4 nitrogen and oxygen atoms in total. The quantitative estimate of drug-likeness (QED) is 0.669. The molecule has 0 unspecified atom stereocenters. The van der Waals surface area contributed by atoms with Crippen LogP contribution in [0.1, 0.15) is 34.6 Å². The van der Waals surface area contributed by atoms with Gasteiger partial charge in [0.2, 0.25) is 5.91 Å². The van der Waals surface area contributed by atoms with Crippen molar-refractivity contribution in [3.05, 3.63) is 35.4 Å². The van der Waals surface area contributed by atoms with Crippen LogP contribution in [-0.2, 0) is 4.79 Å². The van der Waals surface area contributed by atoms with Gasteiger partial charge in [-0.15, -0.1) is 0 Å². The van der Waals surface area contributed by atoms with Crippen LogP contribution in [0.2, 0.25) is 0 Å². The lowest BCUT2D eigenvalue weighted by atomic mass is 10.1. The number of benzene rings is 1. The first-order valence-electron chi connectivity index (χ1n) is 5.05. The first-order valence-corrected chi connectivity index (χ1v) is 5.05. The SMILES string of the molecule is CC(C)C(=O)N1C(=O)c2ccccc2C1=O. The van der Waals surface area contributed by atoms with E-state index < -0.39 is 17.7 Å². The summed E-state index contributed by atoms with van der Waals surface area (Å²) in [6.45, 7) is 3.32. The van der Waals surface area contributed by atoms with Gasteiger partial charge in [-0.05, 0) is 12.1 Å². The van der Waals surface area contributed by atoms with Crippen LogP contribution in [0, 0.1) is 5.92 Å². The largest absolute Gasteiger partial charge is 0.274 e. The third-order valence-electron chi connectivity index (χ3n) is 2.51. The smallest absolute Gasteiger partial charge is 0.268 e. The number of nitrogens with zero attached hydrogens (tertiary/aromatic N) is 1. The first-order chi connectivity index (χ1) is 7.54. The molecular formula is C12H11NO3. The Balaban J connectivity index is 2.47. The van der Waals surface area contributed by atoms with Gasteiger partial charge >= 0.3 is 0 Å². The number of hydrogen-bond donors (Lipinski definition) is 0. The maximum Gasteiger partial charge on any atom is 0.268 e. The van der Waals surface area contributed by atoms with E-state index in [1.165, 1.54) is 0 Å². The minimum Gasteiger partial charge on any atom is -0.274 e. The molecule has 0 bridgehead atoms. The summed E-state index contributed by atoms with van der Waals surface area (Å²) >= 11 is 0. The molecule has 1 aromatic carbocycles. The predicted molar refractivity (Wildman–Crippen MR) is 56.8 cm³/mol. The summed E-state index contributed by atoms with van der Waals surface area (Å²) < 4.78 is 0. The molecule has 1 aromatic rings. The molecule has 1 heterocycles. The van der Waals surface area contributed by atoms with Crippen LogP contribution in [-0.4, -0.2) is 22.6 Å². The van der Waals surface area contributed by atoms with Crippen molar-refractivity contribution in [3.8, 4) is 0 Å². The molecule has 0 atom stereocenters. The van der Waals surface area contributed by atoms with Gasteiger partial charge in [0, 0.05) is 5.92 Å². The summed E-state index contributed by atoms with van der Waals surface area (Å²) in [6.07, 6.45) is 0. The second-order valence-corrected chi connectivity index (χ2v) is 3.98. The summed E-state index contributed by atoms with van der Waals surface area (Å²) in [5.74, 6) is -1.85. The van der Waals surface area contributed by atoms with Gasteiger partial charge in [-0.25, -0.2) is 4.90 Å². The molecule has 2 rings (SSSR count). The fourth-order valence-electron chi connectivity index (χ4n) is 1.65. The van der Waals surface area contributed by atoms with E-state index in [0.29, 0.717) is 11.1 Å². The predicted octanol–water partition coefficient (Wildman–Crippen LogP) is 1.47. The van der Waals surface area contributed by atoms with Crippen LogP contribution < -0.4 is 0 Å². The summed E-state index contributed by atoms with van der Waals surface area (Å²) in [5.41, 5.74) is 0.614. The Morgan fingerprint density at radius 3 is 1.88 bits per heavy atom. The lowest BCUT2D eigenvalue weighted by molar-refractivity contribution is -0.129. The third kappa shape index (κ3) is 1.34. The molecule has 1 aliphatic rings. The molecule has 16 heavy (non-hydrogen) atoms. The standard InChI is InChI=1S/C12H11NO3/c1-7(2)10(14)13-11(15)8-5-3-4-6-9(8)12(13)16/h3-7H,1-2H3. The number of carbonyl (C=O) groups excluding carboxylic acids is 3. The highest BCUT2D eigenvalue weighted by Gasteiger charge is 2.40. The van der Waals surface area contributed by atoms with Crippen molar-refractivity contribution >= 4 is 17.7 Å². The number of hydrogen-bond acceptors (Lipinski definition) is 3. The molecule has 0 aromatic heterocycles. The lowest BCUT2D eigenvalue weighted by Crippen LogP contribution is -2.38. The summed E-state index contributed by atoms with van der Waals surface area (Å²) in [4.78, 5) is 36.1. The fourth-order valence-corrected chi connectivity index (χ4v) is 1.65. The fraction of sp³-hybridized carbons (Fsp3) is 0.250. The van der Waals surface area contributed by atoms with Crippen molar-refractivity contribution in [2.75, 3.05) is 0 Å². The molecule has 0 saturated heterocycles. The van der Waals surface area contributed by atoms with E-state index in [0.717, 1.165) is 4.90 Å². The number of fused-ring (bicyclic) bond motifs is 1. The second kappa shape index (κ2) is 3.56. The van der Waals surface area contributed by atoms with Gasteiger partial charge in [0.15, 0.2) is 0 Å². The van der Waals surface area contributed by atoms with E-state index in [1.54, 1.807) is 38.1 Å². The number of rotatable bonds is 1. The maximum atomic E-state index is 11.8. The Morgan fingerprint density at radius 1 is 1.06 bits per heavy atom. The monoisotopic (exact) mass is 217 g/mol. The highest BCUT2D eigenvalue weighted by molar-refractivity contribution is 6.29. The van der Waals surface area contributed by atoms with E-state index in [2.05, 4.69) is 0 Å². The molecular weight excluding hydrogens is 206 g/mol. The van der Waals surface area contributed by atoms with Gasteiger partial charge < -0.3 is 0 Å². The highest BCUT2D eigenvalue weighted by Crippen LogP contribution is 2.23. The Labute approximate surface area is 92.9 Å². The van der Waals surface area contributed by atoms with Gasteiger partial charge in [0.1, 0.15) is 0 Å². The molecule has 0 spiro atoms. The average molecular weight is 217 g/mol. The van der Waals surface area contributed by atoms with E-state index in [9.17, 15) is 14.4 Å². The Kier molecular flexibility index (Phi) is 2.34. The number of imide groups is 3. The third-order valence-corrected chi connectivity index (χ3v) is 2.51. The average Bonchev–Trinajstić information content (AvgIpc) is 2.52.